The first-order chi connectivity index (χ1) is 12.7. The monoisotopic (exact) mass is 361 g/mol. The molecule has 0 aromatic heterocycles. The molecule has 1 N–H and O–H groups in total. The molecule has 2 fully saturated rings. The van der Waals surface area contributed by atoms with Crippen LogP contribution >= 0.6 is 0 Å². The van der Waals surface area contributed by atoms with Crippen molar-refractivity contribution in [2.75, 3.05) is 60.1 Å². The molecule has 0 aliphatic carbocycles. The summed E-state index contributed by atoms with van der Waals surface area (Å²) in [6, 6.07) is 8.15. The van der Waals surface area contributed by atoms with E-state index < -0.39 is 0 Å². The second-order valence-electron chi connectivity index (χ2n) is 7.34. The van der Waals surface area contributed by atoms with E-state index in [1.54, 1.807) is 14.2 Å². The lowest BCUT2D eigenvalue weighted by Crippen LogP contribution is -2.56. The topological polar surface area (TPSA) is 54.0 Å². The Labute approximate surface area is 156 Å². The smallest absolute Gasteiger partial charge is 0.231 e. The Balaban J connectivity index is 1.58. The van der Waals surface area contributed by atoms with Crippen LogP contribution < -0.4 is 10.1 Å². The maximum Gasteiger partial charge on any atom is 0.231 e. The first-order valence-electron chi connectivity index (χ1n) is 9.52. The molecule has 2 heterocycles. The maximum atomic E-state index is 13.2. The third-order valence-electron chi connectivity index (χ3n) is 5.68. The third-order valence-corrected chi connectivity index (χ3v) is 5.68. The van der Waals surface area contributed by atoms with Crippen LogP contribution in [-0.2, 0) is 16.1 Å². The van der Waals surface area contributed by atoms with Gasteiger partial charge in [-0.1, -0.05) is 18.2 Å². The van der Waals surface area contributed by atoms with Crippen LogP contribution in [0.1, 0.15) is 18.4 Å². The summed E-state index contributed by atoms with van der Waals surface area (Å²) in [4.78, 5) is 17.7. The van der Waals surface area contributed by atoms with Gasteiger partial charge >= 0.3 is 0 Å². The van der Waals surface area contributed by atoms with E-state index in [1.165, 1.54) is 5.56 Å². The number of methoxy groups -OCH3 is 2. The van der Waals surface area contributed by atoms with Gasteiger partial charge in [-0.25, -0.2) is 0 Å². The van der Waals surface area contributed by atoms with Crippen LogP contribution in [-0.4, -0.2) is 75.8 Å². The van der Waals surface area contributed by atoms with E-state index in [1.807, 2.05) is 23.1 Å². The number of piperidine rings is 1. The van der Waals surface area contributed by atoms with Crippen LogP contribution in [0.25, 0.3) is 0 Å². The van der Waals surface area contributed by atoms with Gasteiger partial charge in [-0.05, 0) is 32.0 Å². The normalized spacial score (nSPS) is 20.8. The quantitative estimate of drug-likeness (QED) is 0.829. The highest BCUT2D eigenvalue weighted by Gasteiger charge is 2.42. The Bertz CT molecular complexity index is 588. The van der Waals surface area contributed by atoms with Crippen molar-refractivity contribution in [1.82, 2.24) is 15.1 Å². The number of para-hydroxylation sites is 1. The largest absolute Gasteiger partial charge is 0.496 e. The zero-order valence-corrected chi connectivity index (χ0v) is 16.0. The van der Waals surface area contributed by atoms with E-state index >= 15 is 0 Å². The molecular formula is C20H31N3O3. The van der Waals surface area contributed by atoms with Gasteiger partial charge in [0.2, 0.25) is 5.91 Å². The van der Waals surface area contributed by atoms with Crippen LogP contribution in [0.3, 0.4) is 0 Å². The maximum absolute atomic E-state index is 13.2. The van der Waals surface area contributed by atoms with Crippen LogP contribution in [0.2, 0.25) is 0 Å². The van der Waals surface area contributed by atoms with E-state index in [0.29, 0.717) is 6.61 Å². The molecule has 1 amide bonds. The Morgan fingerprint density at radius 1 is 1.12 bits per heavy atom. The molecule has 0 unspecified atom stereocenters. The number of hydrogen-bond donors (Lipinski definition) is 1. The number of rotatable bonds is 6. The minimum absolute atomic E-state index is 0.276. The van der Waals surface area contributed by atoms with Gasteiger partial charge in [0.05, 0.1) is 19.1 Å². The summed E-state index contributed by atoms with van der Waals surface area (Å²) >= 11 is 0. The molecule has 144 valence electrons. The molecule has 2 saturated heterocycles. The number of piperazine rings is 1. The van der Waals surface area contributed by atoms with E-state index in [0.717, 1.165) is 64.4 Å². The van der Waals surface area contributed by atoms with Crippen LogP contribution in [0.15, 0.2) is 24.3 Å². The second-order valence-corrected chi connectivity index (χ2v) is 7.34. The molecule has 6 nitrogen and oxygen atoms in total. The average molecular weight is 361 g/mol. The van der Waals surface area contributed by atoms with Crippen molar-refractivity contribution in [1.29, 1.82) is 0 Å². The molecule has 3 rings (SSSR count). The summed E-state index contributed by atoms with van der Waals surface area (Å²) < 4.78 is 10.9. The second kappa shape index (κ2) is 8.84. The van der Waals surface area contributed by atoms with E-state index in [-0.39, 0.29) is 11.3 Å². The Hall–Kier alpha value is -1.63. The van der Waals surface area contributed by atoms with Gasteiger partial charge in [0.15, 0.2) is 0 Å². The highest BCUT2D eigenvalue weighted by Crippen LogP contribution is 2.32. The van der Waals surface area contributed by atoms with Crippen molar-refractivity contribution in [2.24, 2.45) is 5.41 Å². The zero-order valence-electron chi connectivity index (χ0n) is 16.0. The fourth-order valence-electron chi connectivity index (χ4n) is 4.12. The lowest BCUT2D eigenvalue weighted by molar-refractivity contribution is -0.149. The molecule has 2 aliphatic heterocycles. The first-order valence-corrected chi connectivity index (χ1v) is 9.52. The molecule has 0 spiro atoms. The molecule has 0 saturated carbocycles. The molecular weight excluding hydrogens is 330 g/mol. The van der Waals surface area contributed by atoms with E-state index in [9.17, 15) is 4.79 Å². The molecule has 26 heavy (non-hydrogen) atoms. The number of nitrogens with zero attached hydrogens (tertiary/aromatic N) is 2. The fraction of sp³-hybridized carbons (Fsp3) is 0.650. The van der Waals surface area contributed by atoms with Gasteiger partial charge in [0, 0.05) is 45.4 Å². The van der Waals surface area contributed by atoms with Gasteiger partial charge in [-0.2, -0.15) is 0 Å². The highest BCUT2D eigenvalue weighted by molar-refractivity contribution is 5.83. The summed E-state index contributed by atoms with van der Waals surface area (Å²) in [6.07, 6.45) is 1.72. The van der Waals surface area contributed by atoms with E-state index in [4.69, 9.17) is 9.47 Å². The van der Waals surface area contributed by atoms with Crippen molar-refractivity contribution < 1.29 is 14.3 Å². The van der Waals surface area contributed by atoms with Gasteiger partial charge in [-0.3, -0.25) is 9.69 Å². The van der Waals surface area contributed by atoms with Gasteiger partial charge in [-0.15, -0.1) is 0 Å². The molecule has 1 aromatic rings. The molecule has 2 aliphatic rings. The number of carbonyl (C=O) groups excluding carboxylic acids is 1. The molecule has 0 atom stereocenters. The van der Waals surface area contributed by atoms with Gasteiger partial charge in [0.25, 0.3) is 0 Å². The number of ether oxygens (including phenoxy) is 2. The summed E-state index contributed by atoms with van der Waals surface area (Å²) in [5.74, 6) is 1.21. The van der Waals surface area contributed by atoms with Crippen LogP contribution in [0.5, 0.6) is 5.75 Å². The number of hydrogen-bond acceptors (Lipinski definition) is 5. The Morgan fingerprint density at radius 3 is 2.46 bits per heavy atom. The van der Waals surface area contributed by atoms with E-state index in [2.05, 4.69) is 16.3 Å². The molecule has 0 bridgehead atoms. The third kappa shape index (κ3) is 4.19. The van der Waals surface area contributed by atoms with Crippen molar-refractivity contribution in [2.45, 2.75) is 19.4 Å². The lowest BCUT2D eigenvalue weighted by atomic mass is 9.78. The molecule has 1 aromatic carbocycles. The van der Waals surface area contributed by atoms with Gasteiger partial charge in [0.1, 0.15) is 5.75 Å². The summed E-state index contributed by atoms with van der Waals surface area (Å²) in [6.45, 7) is 6.52. The number of carbonyl (C=O) groups is 1. The first kappa shape index (κ1) is 19.1. The fourth-order valence-corrected chi connectivity index (χ4v) is 4.12. The number of benzene rings is 1. The Kier molecular flexibility index (Phi) is 6.51. The van der Waals surface area contributed by atoms with Crippen molar-refractivity contribution in [3.63, 3.8) is 0 Å². The highest BCUT2D eigenvalue weighted by atomic mass is 16.5. The SMILES string of the molecule is COCC1(C(=O)N2CCN(Cc3ccccc3OC)CC2)CCNCC1. The van der Waals surface area contributed by atoms with Crippen LogP contribution in [0.4, 0.5) is 0 Å². The average Bonchev–Trinajstić information content (AvgIpc) is 2.69. The summed E-state index contributed by atoms with van der Waals surface area (Å²) in [7, 11) is 3.41. The summed E-state index contributed by atoms with van der Waals surface area (Å²) in [5, 5.41) is 3.35. The number of amides is 1. The van der Waals surface area contributed by atoms with Crippen LogP contribution in [0, 0.1) is 5.41 Å². The molecule has 6 heteroatoms. The minimum atomic E-state index is -0.342. The molecule has 0 radical (unpaired) electrons. The zero-order chi connectivity index (χ0) is 18.4. The number of nitrogens with one attached hydrogen (secondary N) is 1. The van der Waals surface area contributed by atoms with Crippen molar-refractivity contribution in [3.8, 4) is 5.75 Å². The lowest BCUT2D eigenvalue weighted by Gasteiger charge is -2.42. The van der Waals surface area contributed by atoms with Gasteiger partial charge < -0.3 is 19.7 Å². The Morgan fingerprint density at radius 2 is 1.81 bits per heavy atom. The predicted molar refractivity (Wildman–Crippen MR) is 101 cm³/mol. The predicted octanol–water partition coefficient (Wildman–Crippen LogP) is 1.36. The summed E-state index contributed by atoms with van der Waals surface area (Å²) in [5.41, 5.74) is 0.856. The standard InChI is InChI=1S/C20H31N3O3/c1-25-16-20(7-9-21-10-8-20)19(24)23-13-11-22(12-14-23)15-17-5-3-4-6-18(17)26-2/h3-6,21H,7-16H2,1-2H3. The minimum Gasteiger partial charge on any atom is -0.496 e. The van der Waals surface area contributed by atoms with Crippen molar-refractivity contribution >= 4 is 5.91 Å². The van der Waals surface area contributed by atoms with Crippen molar-refractivity contribution in [3.05, 3.63) is 29.8 Å².